The van der Waals surface area contributed by atoms with Crippen molar-refractivity contribution in [3.05, 3.63) is 59.8 Å². The number of benzene rings is 1. The molecule has 2 aromatic rings. The number of rotatable bonds is 8. The Balaban J connectivity index is 1.43. The Kier molecular flexibility index (Phi) is 6.61. The molecule has 26 heavy (non-hydrogen) atoms. The van der Waals surface area contributed by atoms with Crippen LogP contribution in [-0.2, 0) is 4.74 Å². The molecule has 1 unspecified atom stereocenters. The molecule has 1 aromatic heterocycles. The van der Waals surface area contributed by atoms with Gasteiger partial charge in [-0.25, -0.2) is 4.98 Å². The number of nitrogens with one attached hydrogen (secondary N) is 1. The van der Waals surface area contributed by atoms with Crippen molar-refractivity contribution in [2.75, 3.05) is 31.1 Å². The van der Waals surface area contributed by atoms with Gasteiger partial charge in [0.05, 0.1) is 11.7 Å². The number of aromatic nitrogens is 1. The van der Waals surface area contributed by atoms with Crippen LogP contribution in [0, 0.1) is 0 Å². The highest BCUT2D eigenvalue weighted by molar-refractivity contribution is 5.98. The van der Waals surface area contributed by atoms with Crippen molar-refractivity contribution in [3.63, 3.8) is 0 Å². The molecule has 0 aliphatic carbocycles. The Morgan fingerprint density at radius 2 is 1.96 bits per heavy atom. The molecule has 0 bridgehead atoms. The Hall–Kier alpha value is -2.40. The Morgan fingerprint density at radius 3 is 2.73 bits per heavy atom. The third kappa shape index (κ3) is 4.82. The van der Waals surface area contributed by atoms with Crippen LogP contribution in [0.25, 0.3) is 0 Å². The molecule has 1 aliphatic rings. The summed E-state index contributed by atoms with van der Waals surface area (Å²) in [6, 6.07) is 13.8. The van der Waals surface area contributed by atoms with Crippen LogP contribution in [0.4, 0.5) is 5.82 Å². The van der Waals surface area contributed by atoms with Crippen LogP contribution < -0.4 is 10.2 Å². The smallest absolute Gasteiger partial charge is 0.255 e. The Bertz CT molecular complexity index is 699. The highest BCUT2D eigenvalue weighted by Gasteiger charge is 2.20. The summed E-state index contributed by atoms with van der Waals surface area (Å²) in [6.45, 7) is 5.20. The van der Waals surface area contributed by atoms with E-state index in [0.29, 0.717) is 18.7 Å². The lowest BCUT2D eigenvalue weighted by atomic mass is 10.1. The van der Waals surface area contributed by atoms with Crippen molar-refractivity contribution in [3.8, 4) is 0 Å². The third-order valence-electron chi connectivity index (χ3n) is 4.68. The van der Waals surface area contributed by atoms with Gasteiger partial charge in [0.2, 0.25) is 0 Å². The fourth-order valence-electron chi connectivity index (χ4n) is 3.20. The maximum atomic E-state index is 12.5. The van der Waals surface area contributed by atoms with Gasteiger partial charge in [-0.05, 0) is 43.9 Å². The topological polar surface area (TPSA) is 54.5 Å². The first-order valence-electron chi connectivity index (χ1n) is 9.40. The highest BCUT2D eigenvalue weighted by Crippen LogP contribution is 2.21. The molecule has 2 heterocycles. The first-order chi connectivity index (χ1) is 12.8. The predicted molar refractivity (Wildman–Crippen MR) is 103 cm³/mol. The van der Waals surface area contributed by atoms with E-state index in [-0.39, 0.29) is 12.0 Å². The molecule has 1 aliphatic heterocycles. The number of carbonyl (C=O) groups is 1. The summed E-state index contributed by atoms with van der Waals surface area (Å²) in [6.07, 6.45) is 4.92. The van der Waals surface area contributed by atoms with E-state index < -0.39 is 0 Å². The molecule has 1 fully saturated rings. The molecule has 0 radical (unpaired) electrons. The van der Waals surface area contributed by atoms with Crippen LogP contribution in [0.5, 0.6) is 0 Å². The van der Waals surface area contributed by atoms with E-state index in [1.165, 1.54) is 5.56 Å². The minimum Gasteiger partial charge on any atom is -0.374 e. The standard InChI is InChI=1S/C21H27N3O2/c1-17(18-9-3-2-4-10-18)26-16-8-13-23-21(25)19-11-7-12-22-20(19)24-14-5-6-15-24/h2-4,7,9-12,17H,5-6,8,13-16H2,1H3,(H,23,25). The number of carbonyl (C=O) groups excluding carboxylic acids is 1. The van der Waals surface area contributed by atoms with Crippen molar-refractivity contribution < 1.29 is 9.53 Å². The first kappa shape index (κ1) is 18.4. The van der Waals surface area contributed by atoms with E-state index in [4.69, 9.17) is 4.74 Å². The van der Waals surface area contributed by atoms with Gasteiger partial charge in [0.15, 0.2) is 0 Å². The lowest BCUT2D eigenvalue weighted by molar-refractivity contribution is 0.0635. The number of amides is 1. The van der Waals surface area contributed by atoms with Crippen molar-refractivity contribution in [1.82, 2.24) is 10.3 Å². The SMILES string of the molecule is CC(OCCCNC(=O)c1cccnc1N1CCCC1)c1ccccc1. The quantitative estimate of drug-likeness (QED) is 0.737. The fourth-order valence-corrected chi connectivity index (χ4v) is 3.20. The van der Waals surface area contributed by atoms with E-state index in [1.807, 2.05) is 37.3 Å². The first-order valence-corrected chi connectivity index (χ1v) is 9.40. The third-order valence-corrected chi connectivity index (χ3v) is 4.68. The molecule has 5 heteroatoms. The highest BCUT2D eigenvalue weighted by atomic mass is 16.5. The van der Waals surface area contributed by atoms with Crippen LogP contribution in [0.15, 0.2) is 48.7 Å². The van der Waals surface area contributed by atoms with Gasteiger partial charge in [-0.3, -0.25) is 4.79 Å². The minimum atomic E-state index is -0.0592. The molecule has 0 saturated carbocycles. The average Bonchev–Trinajstić information content (AvgIpc) is 3.23. The molecular formula is C21H27N3O2. The molecule has 1 amide bonds. The maximum absolute atomic E-state index is 12.5. The lowest BCUT2D eigenvalue weighted by Gasteiger charge is -2.19. The number of hydrogen-bond donors (Lipinski definition) is 1. The number of hydrogen-bond acceptors (Lipinski definition) is 4. The van der Waals surface area contributed by atoms with Crippen LogP contribution >= 0.6 is 0 Å². The van der Waals surface area contributed by atoms with Crippen LogP contribution in [0.2, 0.25) is 0 Å². The van der Waals surface area contributed by atoms with Crippen LogP contribution in [-0.4, -0.2) is 37.1 Å². The second-order valence-electron chi connectivity index (χ2n) is 6.60. The summed E-state index contributed by atoms with van der Waals surface area (Å²) in [5.41, 5.74) is 1.83. The molecular weight excluding hydrogens is 326 g/mol. The summed E-state index contributed by atoms with van der Waals surface area (Å²) in [5.74, 6) is 0.743. The van der Waals surface area contributed by atoms with E-state index >= 15 is 0 Å². The minimum absolute atomic E-state index is 0.0592. The van der Waals surface area contributed by atoms with E-state index in [2.05, 4.69) is 27.3 Å². The molecule has 1 atom stereocenters. The largest absolute Gasteiger partial charge is 0.374 e. The van der Waals surface area contributed by atoms with E-state index in [1.54, 1.807) is 6.20 Å². The summed E-state index contributed by atoms with van der Waals surface area (Å²) < 4.78 is 5.85. The maximum Gasteiger partial charge on any atom is 0.255 e. The van der Waals surface area contributed by atoms with Crippen LogP contribution in [0.1, 0.15) is 48.2 Å². The van der Waals surface area contributed by atoms with Gasteiger partial charge >= 0.3 is 0 Å². The number of pyridine rings is 1. The van der Waals surface area contributed by atoms with Gasteiger partial charge in [-0.15, -0.1) is 0 Å². The van der Waals surface area contributed by atoms with Crippen molar-refractivity contribution >= 4 is 11.7 Å². The van der Waals surface area contributed by atoms with Gasteiger partial charge in [-0.2, -0.15) is 0 Å². The van der Waals surface area contributed by atoms with Crippen molar-refractivity contribution in [2.45, 2.75) is 32.3 Å². The second-order valence-corrected chi connectivity index (χ2v) is 6.60. The normalized spacial score (nSPS) is 15.0. The Labute approximate surface area is 155 Å². The molecule has 138 valence electrons. The van der Waals surface area contributed by atoms with Gasteiger partial charge in [0.25, 0.3) is 5.91 Å². The van der Waals surface area contributed by atoms with Gasteiger partial charge in [-0.1, -0.05) is 30.3 Å². The van der Waals surface area contributed by atoms with Crippen molar-refractivity contribution in [2.24, 2.45) is 0 Å². The fraction of sp³-hybridized carbons (Fsp3) is 0.429. The summed E-state index contributed by atoms with van der Waals surface area (Å²) in [5, 5.41) is 2.99. The van der Waals surface area contributed by atoms with Crippen molar-refractivity contribution in [1.29, 1.82) is 0 Å². The van der Waals surface area contributed by atoms with Gasteiger partial charge < -0.3 is 15.0 Å². The zero-order chi connectivity index (χ0) is 18.2. The molecule has 5 nitrogen and oxygen atoms in total. The zero-order valence-corrected chi connectivity index (χ0v) is 15.4. The molecule has 0 spiro atoms. The molecule has 1 aromatic carbocycles. The van der Waals surface area contributed by atoms with E-state index in [9.17, 15) is 4.79 Å². The second kappa shape index (κ2) is 9.34. The Morgan fingerprint density at radius 1 is 1.19 bits per heavy atom. The van der Waals surface area contributed by atoms with Gasteiger partial charge in [0.1, 0.15) is 5.82 Å². The average molecular weight is 353 g/mol. The molecule has 1 N–H and O–H groups in total. The summed E-state index contributed by atoms with van der Waals surface area (Å²) in [4.78, 5) is 19.1. The van der Waals surface area contributed by atoms with Crippen LogP contribution in [0.3, 0.4) is 0 Å². The molecule has 1 saturated heterocycles. The lowest BCUT2D eigenvalue weighted by Crippen LogP contribution is -2.29. The number of nitrogens with zero attached hydrogens (tertiary/aromatic N) is 2. The van der Waals surface area contributed by atoms with Gasteiger partial charge in [0, 0.05) is 32.4 Å². The predicted octanol–water partition coefficient (Wildman–Crippen LogP) is 3.58. The summed E-state index contributed by atoms with van der Waals surface area (Å²) in [7, 11) is 0. The monoisotopic (exact) mass is 353 g/mol. The zero-order valence-electron chi connectivity index (χ0n) is 15.4. The number of anilines is 1. The number of ether oxygens (including phenoxy) is 1. The van der Waals surface area contributed by atoms with E-state index in [0.717, 1.165) is 38.2 Å². The molecule has 3 rings (SSSR count). The summed E-state index contributed by atoms with van der Waals surface area (Å²) >= 11 is 0.